The molecule has 0 aliphatic carbocycles. The number of hydrogen-bond donors (Lipinski definition) is 0. The lowest BCUT2D eigenvalue weighted by atomic mass is 9.97. The van der Waals surface area contributed by atoms with E-state index in [1.54, 1.807) is 24.4 Å². The summed E-state index contributed by atoms with van der Waals surface area (Å²) in [5, 5.41) is 3.86. The van der Waals surface area contributed by atoms with Crippen LogP contribution in [0.1, 0.15) is 27.7 Å². The van der Waals surface area contributed by atoms with Crippen LogP contribution in [0.3, 0.4) is 0 Å². The van der Waals surface area contributed by atoms with Gasteiger partial charge in [-0.05, 0) is 24.3 Å². The number of pyridine rings is 1. The van der Waals surface area contributed by atoms with Crippen molar-refractivity contribution in [2.24, 2.45) is 0 Å². The van der Waals surface area contributed by atoms with Gasteiger partial charge in [0.05, 0.1) is 17.0 Å². The number of carbonyl (C=O) groups is 1. The molecule has 1 aliphatic heterocycles. The Hall–Kier alpha value is -3.23. The molecule has 4 rings (SSSR count). The molecule has 9 heteroatoms. The number of rotatable bonds is 3. The van der Waals surface area contributed by atoms with Crippen LogP contribution < -0.4 is 0 Å². The molecule has 1 fully saturated rings. The summed E-state index contributed by atoms with van der Waals surface area (Å²) < 4.78 is 44.5. The first kappa shape index (κ1) is 17.2. The summed E-state index contributed by atoms with van der Waals surface area (Å²) in [5.41, 5.74) is -0.740. The summed E-state index contributed by atoms with van der Waals surface area (Å²) in [6, 6.07) is 10.1. The number of carbonyl (C=O) groups excluding carboxylic acids is 1. The predicted molar refractivity (Wildman–Crippen MR) is 87.6 cm³/mol. The second-order valence-electron chi connectivity index (χ2n) is 6.12. The summed E-state index contributed by atoms with van der Waals surface area (Å²) in [7, 11) is 0. The van der Waals surface area contributed by atoms with E-state index in [9.17, 15) is 18.0 Å². The third-order valence-corrected chi connectivity index (χ3v) is 4.32. The molecule has 138 valence electrons. The summed E-state index contributed by atoms with van der Waals surface area (Å²) in [5.74, 6) is -0.206. The Balaban J connectivity index is 1.46. The fraction of sp³-hybridized carbons (Fsp3) is 0.222. The third kappa shape index (κ3) is 3.27. The highest BCUT2D eigenvalue weighted by molar-refractivity contribution is 5.96. The van der Waals surface area contributed by atoms with Gasteiger partial charge >= 0.3 is 6.18 Å². The van der Waals surface area contributed by atoms with Crippen LogP contribution in [-0.4, -0.2) is 39.0 Å². The molecule has 1 aliphatic rings. The van der Waals surface area contributed by atoms with Crippen LogP contribution in [0.15, 0.2) is 53.2 Å². The third-order valence-electron chi connectivity index (χ3n) is 4.32. The number of benzene rings is 1. The van der Waals surface area contributed by atoms with Gasteiger partial charge in [0.1, 0.15) is 5.69 Å². The van der Waals surface area contributed by atoms with Crippen LogP contribution in [-0.2, 0) is 6.18 Å². The zero-order valence-corrected chi connectivity index (χ0v) is 13.8. The smallest absolute Gasteiger partial charge is 0.338 e. The summed E-state index contributed by atoms with van der Waals surface area (Å²) >= 11 is 0. The molecule has 0 saturated carbocycles. The van der Waals surface area contributed by atoms with E-state index in [0.717, 1.165) is 6.07 Å². The molecule has 0 radical (unpaired) electrons. The fourth-order valence-electron chi connectivity index (χ4n) is 2.89. The summed E-state index contributed by atoms with van der Waals surface area (Å²) in [6.07, 6.45) is -2.98. The Morgan fingerprint density at radius 2 is 1.85 bits per heavy atom. The van der Waals surface area contributed by atoms with E-state index in [-0.39, 0.29) is 24.6 Å². The second kappa shape index (κ2) is 6.49. The van der Waals surface area contributed by atoms with E-state index in [1.807, 2.05) is 0 Å². The van der Waals surface area contributed by atoms with Gasteiger partial charge in [0.25, 0.3) is 5.91 Å². The van der Waals surface area contributed by atoms with Gasteiger partial charge in [-0.3, -0.25) is 9.78 Å². The topological polar surface area (TPSA) is 72.1 Å². The normalized spacial score (nSPS) is 14.9. The van der Waals surface area contributed by atoms with Crippen molar-refractivity contribution in [1.82, 2.24) is 20.0 Å². The quantitative estimate of drug-likeness (QED) is 0.703. The molecule has 0 unspecified atom stereocenters. The number of hydrogen-bond acceptors (Lipinski definition) is 5. The number of halogens is 3. The molecule has 3 heterocycles. The van der Waals surface area contributed by atoms with E-state index in [4.69, 9.17) is 4.52 Å². The predicted octanol–water partition coefficient (Wildman–Crippen LogP) is 3.39. The van der Waals surface area contributed by atoms with Crippen molar-refractivity contribution in [3.05, 3.63) is 65.7 Å². The number of aromatic nitrogens is 3. The maximum absolute atomic E-state index is 13.1. The van der Waals surface area contributed by atoms with Crippen molar-refractivity contribution in [2.75, 3.05) is 13.1 Å². The molecule has 6 nitrogen and oxygen atoms in total. The van der Waals surface area contributed by atoms with Crippen molar-refractivity contribution in [3.63, 3.8) is 0 Å². The molecule has 2 aromatic heterocycles. The van der Waals surface area contributed by atoms with Crippen molar-refractivity contribution < 1.29 is 22.5 Å². The van der Waals surface area contributed by atoms with E-state index < -0.39 is 17.6 Å². The number of alkyl halides is 3. The van der Waals surface area contributed by atoms with E-state index >= 15 is 0 Å². The molecular formula is C18H13F3N4O2. The van der Waals surface area contributed by atoms with Crippen LogP contribution in [0.25, 0.3) is 11.5 Å². The van der Waals surface area contributed by atoms with Gasteiger partial charge in [-0.25, -0.2) is 0 Å². The Labute approximate surface area is 151 Å². The minimum Gasteiger partial charge on any atom is -0.338 e. The molecular weight excluding hydrogens is 361 g/mol. The van der Waals surface area contributed by atoms with Gasteiger partial charge in [-0.2, -0.15) is 18.2 Å². The van der Waals surface area contributed by atoms with Gasteiger partial charge in [0.2, 0.25) is 11.7 Å². The Bertz CT molecular complexity index is 966. The van der Waals surface area contributed by atoms with E-state index in [2.05, 4.69) is 15.1 Å². The second-order valence-corrected chi connectivity index (χ2v) is 6.12. The maximum atomic E-state index is 13.1. The highest BCUT2D eigenvalue weighted by Crippen LogP contribution is 2.34. The molecule has 1 amide bonds. The van der Waals surface area contributed by atoms with Crippen LogP contribution in [0, 0.1) is 0 Å². The Morgan fingerprint density at radius 3 is 2.56 bits per heavy atom. The van der Waals surface area contributed by atoms with Gasteiger partial charge in [-0.1, -0.05) is 23.4 Å². The van der Waals surface area contributed by atoms with Gasteiger partial charge in [0, 0.05) is 19.3 Å². The molecule has 0 spiro atoms. The van der Waals surface area contributed by atoms with E-state index in [1.165, 1.54) is 23.1 Å². The number of nitrogens with zero attached hydrogens (tertiary/aromatic N) is 4. The minimum atomic E-state index is -4.58. The van der Waals surface area contributed by atoms with Crippen LogP contribution >= 0.6 is 0 Å². The molecule has 1 aromatic carbocycles. The van der Waals surface area contributed by atoms with Crippen LogP contribution in [0.5, 0.6) is 0 Å². The van der Waals surface area contributed by atoms with Crippen molar-refractivity contribution in [1.29, 1.82) is 0 Å². The first-order valence-corrected chi connectivity index (χ1v) is 8.14. The SMILES string of the molecule is O=C(c1ccccc1C(F)(F)F)N1CC(c2nc(-c3ccccn3)no2)C1. The fourth-order valence-corrected chi connectivity index (χ4v) is 2.89. The van der Waals surface area contributed by atoms with Gasteiger partial charge in [-0.15, -0.1) is 0 Å². The molecule has 0 bridgehead atoms. The van der Waals surface area contributed by atoms with Crippen LogP contribution in [0.4, 0.5) is 13.2 Å². The Kier molecular flexibility index (Phi) is 4.14. The lowest BCUT2D eigenvalue weighted by molar-refractivity contribution is -0.138. The molecule has 27 heavy (non-hydrogen) atoms. The number of likely N-dealkylation sites (tertiary alicyclic amines) is 1. The highest BCUT2D eigenvalue weighted by Gasteiger charge is 2.40. The first-order valence-electron chi connectivity index (χ1n) is 8.14. The molecule has 0 N–H and O–H groups in total. The molecule has 1 saturated heterocycles. The zero-order valence-electron chi connectivity index (χ0n) is 13.8. The Morgan fingerprint density at radius 1 is 1.11 bits per heavy atom. The van der Waals surface area contributed by atoms with Gasteiger partial charge < -0.3 is 9.42 Å². The lowest BCUT2D eigenvalue weighted by Crippen LogP contribution is -2.49. The standard InChI is InChI=1S/C18H13F3N4O2/c19-18(20,21)13-6-2-1-5-12(13)17(26)25-9-11(10-25)16-23-15(24-27-16)14-7-3-4-8-22-14/h1-8,11H,9-10H2. The molecule has 3 aromatic rings. The number of amides is 1. The highest BCUT2D eigenvalue weighted by atomic mass is 19.4. The van der Waals surface area contributed by atoms with Crippen molar-refractivity contribution in [3.8, 4) is 11.5 Å². The zero-order chi connectivity index (χ0) is 19.0. The average Bonchev–Trinajstić information content (AvgIpc) is 3.10. The minimum absolute atomic E-state index is 0.211. The van der Waals surface area contributed by atoms with Crippen molar-refractivity contribution in [2.45, 2.75) is 12.1 Å². The van der Waals surface area contributed by atoms with E-state index in [0.29, 0.717) is 17.4 Å². The monoisotopic (exact) mass is 374 g/mol. The maximum Gasteiger partial charge on any atom is 0.417 e. The van der Waals surface area contributed by atoms with Crippen molar-refractivity contribution >= 4 is 5.91 Å². The summed E-state index contributed by atoms with van der Waals surface area (Å²) in [4.78, 5) is 22.2. The van der Waals surface area contributed by atoms with Gasteiger partial charge in [0.15, 0.2) is 0 Å². The average molecular weight is 374 g/mol. The molecule has 0 atom stereocenters. The first-order chi connectivity index (χ1) is 12.9. The largest absolute Gasteiger partial charge is 0.417 e. The summed E-state index contributed by atoms with van der Waals surface area (Å²) in [6.45, 7) is 0.434. The lowest BCUT2D eigenvalue weighted by Gasteiger charge is -2.37. The van der Waals surface area contributed by atoms with Crippen LogP contribution in [0.2, 0.25) is 0 Å².